The second-order valence-electron chi connectivity index (χ2n) is 4.15. The van der Waals surface area contributed by atoms with Crippen LogP contribution in [0.3, 0.4) is 0 Å². The second-order valence-corrected chi connectivity index (χ2v) is 4.59. The molecular formula is C13H13ClN2O4. The molecule has 0 aromatic heterocycles. The highest BCUT2D eigenvalue weighted by Crippen LogP contribution is 2.19. The molecule has 0 saturated heterocycles. The minimum absolute atomic E-state index is 0.128. The maximum Gasteiger partial charge on any atom is 0.321 e. The first-order chi connectivity index (χ1) is 9.54. The maximum absolute atomic E-state index is 11.7. The Morgan fingerprint density at radius 2 is 2.10 bits per heavy atom. The summed E-state index contributed by atoms with van der Waals surface area (Å²) < 4.78 is 4.79. The third kappa shape index (κ3) is 2.81. The van der Waals surface area contributed by atoms with Crippen LogP contribution in [-0.4, -0.2) is 35.4 Å². The highest BCUT2D eigenvalue weighted by atomic mass is 35.5. The topological polar surface area (TPSA) is 88.0 Å². The SMILES string of the molecule is CCOC(=O)C1C(=O)NN=C(c2ccc(Cl)cc2)C1O. The Morgan fingerprint density at radius 1 is 1.45 bits per heavy atom. The van der Waals surface area contributed by atoms with Crippen molar-refractivity contribution < 1.29 is 19.4 Å². The summed E-state index contributed by atoms with van der Waals surface area (Å²) in [5.74, 6) is -2.79. The van der Waals surface area contributed by atoms with Gasteiger partial charge in [0.05, 0.1) is 12.3 Å². The van der Waals surface area contributed by atoms with Crippen molar-refractivity contribution in [3.63, 3.8) is 0 Å². The first-order valence-electron chi connectivity index (χ1n) is 6.02. The molecule has 1 aromatic carbocycles. The number of halogens is 1. The largest absolute Gasteiger partial charge is 0.465 e. The first-order valence-corrected chi connectivity index (χ1v) is 6.40. The van der Waals surface area contributed by atoms with E-state index in [1.54, 1.807) is 31.2 Å². The number of aliphatic hydroxyl groups excluding tert-OH is 1. The lowest BCUT2D eigenvalue weighted by Crippen LogP contribution is -2.50. The molecule has 2 rings (SSSR count). The van der Waals surface area contributed by atoms with E-state index in [1.165, 1.54) is 0 Å². The number of esters is 1. The Kier molecular flexibility index (Phi) is 4.36. The van der Waals surface area contributed by atoms with E-state index in [0.717, 1.165) is 0 Å². The van der Waals surface area contributed by atoms with Crippen LogP contribution in [0, 0.1) is 5.92 Å². The molecule has 0 bridgehead atoms. The van der Waals surface area contributed by atoms with E-state index < -0.39 is 23.9 Å². The number of carbonyl (C=O) groups excluding carboxylic acids is 2. The lowest BCUT2D eigenvalue weighted by atomic mass is 9.92. The van der Waals surface area contributed by atoms with Gasteiger partial charge in [-0.2, -0.15) is 5.10 Å². The summed E-state index contributed by atoms with van der Waals surface area (Å²) in [6.45, 7) is 1.75. The van der Waals surface area contributed by atoms with Crippen LogP contribution < -0.4 is 5.43 Å². The molecule has 0 aliphatic carbocycles. The lowest BCUT2D eigenvalue weighted by molar-refractivity contribution is -0.155. The highest BCUT2D eigenvalue weighted by Gasteiger charge is 2.41. The molecule has 1 aromatic rings. The minimum Gasteiger partial charge on any atom is -0.465 e. The van der Waals surface area contributed by atoms with Gasteiger partial charge in [-0.15, -0.1) is 0 Å². The van der Waals surface area contributed by atoms with Crippen molar-refractivity contribution >= 4 is 29.2 Å². The molecule has 0 radical (unpaired) electrons. The van der Waals surface area contributed by atoms with Crippen molar-refractivity contribution in [2.24, 2.45) is 11.0 Å². The molecule has 6 nitrogen and oxygen atoms in total. The molecule has 0 spiro atoms. The van der Waals surface area contributed by atoms with Gasteiger partial charge in [0.25, 0.3) is 5.91 Å². The zero-order chi connectivity index (χ0) is 14.7. The van der Waals surface area contributed by atoms with Gasteiger partial charge in [-0.05, 0) is 19.1 Å². The number of hydrogen-bond donors (Lipinski definition) is 2. The Balaban J connectivity index is 2.29. The van der Waals surface area contributed by atoms with E-state index in [4.69, 9.17) is 16.3 Å². The Hall–Kier alpha value is -1.92. The van der Waals surface area contributed by atoms with Crippen LogP contribution >= 0.6 is 11.6 Å². The lowest BCUT2D eigenvalue weighted by Gasteiger charge is -2.25. The number of benzene rings is 1. The van der Waals surface area contributed by atoms with Crippen LogP contribution in [0.1, 0.15) is 12.5 Å². The molecule has 2 N–H and O–H groups in total. The van der Waals surface area contributed by atoms with E-state index in [9.17, 15) is 14.7 Å². The van der Waals surface area contributed by atoms with Crippen LogP contribution in [-0.2, 0) is 14.3 Å². The van der Waals surface area contributed by atoms with Gasteiger partial charge in [-0.3, -0.25) is 9.59 Å². The van der Waals surface area contributed by atoms with Crippen LogP contribution in [0.15, 0.2) is 29.4 Å². The van der Waals surface area contributed by atoms with E-state index in [-0.39, 0.29) is 12.3 Å². The van der Waals surface area contributed by atoms with Gasteiger partial charge in [0.15, 0.2) is 5.92 Å². The molecule has 7 heteroatoms. The van der Waals surface area contributed by atoms with Crippen molar-refractivity contribution in [2.45, 2.75) is 13.0 Å². The predicted octanol–water partition coefficient (Wildman–Crippen LogP) is 0.714. The van der Waals surface area contributed by atoms with Gasteiger partial charge >= 0.3 is 5.97 Å². The zero-order valence-electron chi connectivity index (χ0n) is 10.7. The molecule has 0 fully saturated rings. The van der Waals surface area contributed by atoms with Gasteiger partial charge in [0, 0.05) is 10.6 Å². The smallest absolute Gasteiger partial charge is 0.321 e. The third-order valence-corrected chi connectivity index (χ3v) is 3.10. The Bertz CT molecular complexity index is 556. The fourth-order valence-electron chi connectivity index (χ4n) is 1.88. The standard InChI is InChI=1S/C13H13ClN2O4/c1-2-20-13(19)9-11(17)10(15-16-12(9)18)7-3-5-8(14)6-4-7/h3-6,9,11,17H,2H2,1H3,(H,16,18). The van der Waals surface area contributed by atoms with Crippen LogP contribution in [0.2, 0.25) is 5.02 Å². The zero-order valence-corrected chi connectivity index (χ0v) is 11.4. The summed E-state index contributed by atoms with van der Waals surface area (Å²) in [5.41, 5.74) is 2.98. The number of hydrazone groups is 1. The average Bonchev–Trinajstić information content (AvgIpc) is 2.41. The Labute approximate surface area is 120 Å². The fraction of sp³-hybridized carbons (Fsp3) is 0.308. The van der Waals surface area contributed by atoms with Gasteiger partial charge in [-0.25, -0.2) is 5.43 Å². The van der Waals surface area contributed by atoms with E-state index in [2.05, 4.69) is 10.5 Å². The van der Waals surface area contributed by atoms with Gasteiger partial charge < -0.3 is 9.84 Å². The molecule has 20 heavy (non-hydrogen) atoms. The molecule has 2 unspecified atom stereocenters. The van der Waals surface area contributed by atoms with E-state index >= 15 is 0 Å². The molecule has 1 aliphatic rings. The van der Waals surface area contributed by atoms with Crippen LogP contribution in [0.4, 0.5) is 0 Å². The average molecular weight is 297 g/mol. The van der Waals surface area contributed by atoms with E-state index in [1.807, 2.05) is 0 Å². The quantitative estimate of drug-likeness (QED) is 0.635. The number of nitrogens with zero attached hydrogens (tertiary/aromatic N) is 1. The molecule has 0 saturated carbocycles. The maximum atomic E-state index is 11.7. The molecular weight excluding hydrogens is 284 g/mol. The van der Waals surface area contributed by atoms with Crippen molar-refractivity contribution in [1.29, 1.82) is 0 Å². The van der Waals surface area contributed by atoms with Crippen LogP contribution in [0.25, 0.3) is 0 Å². The predicted molar refractivity (Wildman–Crippen MR) is 72.3 cm³/mol. The van der Waals surface area contributed by atoms with Gasteiger partial charge in [0.2, 0.25) is 0 Å². The number of amides is 1. The third-order valence-electron chi connectivity index (χ3n) is 2.85. The van der Waals surface area contributed by atoms with Crippen molar-refractivity contribution in [1.82, 2.24) is 5.43 Å². The number of aliphatic hydroxyl groups is 1. The summed E-state index contributed by atoms with van der Waals surface area (Å²) in [7, 11) is 0. The normalized spacial score (nSPS) is 21.9. The monoisotopic (exact) mass is 296 g/mol. The van der Waals surface area contributed by atoms with E-state index in [0.29, 0.717) is 10.6 Å². The summed E-state index contributed by atoms with van der Waals surface area (Å²) in [6.07, 6.45) is -1.36. The molecule has 1 aliphatic heterocycles. The number of ether oxygens (including phenoxy) is 1. The summed E-state index contributed by atoms with van der Waals surface area (Å²) in [5, 5.41) is 14.5. The number of nitrogens with one attached hydrogen (secondary N) is 1. The van der Waals surface area contributed by atoms with Crippen molar-refractivity contribution in [3.05, 3.63) is 34.9 Å². The number of rotatable bonds is 3. The number of hydrogen-bond acceptors (Lipinski definition) is 5. The molecule has 1 heterocycles. The van der Waals surface area contributed by atoms with Crippen LogP contribution in [0.5, 0.6) is 0 Å². The number of carbonyl (C=O) groups is 2. The van der Waals surface area contributed by atoms with Crippen molar-refractivity contribution in [2.75, 3.05) is 6.61 Å². The first kappa shape index (κ1) is 14.5. The molecule has 2 atom stereocenters. The summed E-state index contributed by atoms with van der Waals surface area (Å²) in [4.78, 5) is 23.4. The highest BCUT2D eigenvalue weighted by molar-refractivity contribution is 6.30. The van der Waals surface area contributed by atoms with Gasteiger partial charge in [0.1, 0.15) is 6.10 Å². The molecule has 1 amide bonds. The fourth-order valence-corrected chi connectivity index (χ4v) is 2.00. The minimum atomic E-state index is -1.36. The van der Waals surface area contributed by atoms with Crippen molar-refractivity contribution in [3.8, 4) is 0 Å². The summed E-state index contributed by atoms with van der Waals surface area (Å²) in [6, 6.07) is 6.54. The second kappa shape index (κ2) is 6.02. The summed E-state index contributed by atoms with van der Waals surface area (Å²) >= 11 is 5.78. The molecule has 106 valence electrons. The Morgan fingerprint density at radius 3 is 2.70 bits per heavy atom. The van der Waals surface area contributed by atoms with Gasteiger partial charge in [-0.1, -0.05) is 23.7 Å².